The highest BCUT2D eigenvalue weighted by atomic mass is 16.5. The fourth-order valence-corrected chi connectivity index (χ4v) is 3.61. The van der Waals surface area contributed by atoms with Gasteiger partial charge in [-0.15, -0.1) is 0 Å². The number of benzene rings is 2. The highest BCUT2D eigenvalue weighted by molar-refractivity contribution is 5.85. The summed E-state index contributed by atoms with van der Waals surface area (Å²) in [6.45, 7) is 1.81. The lowest BCUT2D eigenvalue weighted by Crippen LogP contribution is -2.17. The lowest BCUT2D eigenvalue weighted by atomic mass is 10.1. The number of ether oxygens (including phenoxy) is 1. The summed E-state index contributed by atoms with van der Waals surface area (Å²) in [5.41, 5.74) is 4.37. The van der Waals surface area contributed by atoms with E-state index < -0.39 is 0 Å². The summed E-state index contributed by atoms with van der Waals surface area (Å²) >= 11 is 0. The topological polar surface area (TPSA) is 60.8 Å². The van der Waals surface area contributed by atoms with Crippen molar-refractivity contribution in [3.63, 3.8) is 0 Å². The molecule has 4 heteroatoms. The molecular formula is C21H21N3O. The van der Waals surface area contributed by atoms with Crippen LogP contribution in [-0.4, -0.2) is 18.6 Å². The number of nitrogens with one attached hydrogen (secondary N) is 2. The number of nitrogens with zero attached hydrogens (tertiary/aromatic N) is 1. The van der Waals surface area contributed by atoms with Gasteiger partial charge in [0.15, 0.2) is 0 Å². The summed E-state index contributed by atoms with van der Waals surface area (Å²) in [5, 5.41) is 13.9. The maximum absolute atomic E-state index is 9.12. The van der Waals surface area contributed by atoms with Crippen LogP contribution in [0.3, 0.4) is 0 Å². The van der Waals surface area contributed by atoms with Crippen molar-refractivity contribution in [2.24, 2.45) is 5.92 Å². The van der Waals surface area contributed by atoms with Crippen molar-refractivity contribution >= 4 is 10.9 Å². The standard InChI is InChI=1S/C21H21N3O/c1-25-21-5-3-2-4-15(21)11-23-12-16-9-17(16)19-13-24-20-7-6-14(10-22)8-18(19)20/h2-8,13,16-17,23-24H,9,11-12H2,1H3. The second kappa shape index (κ2) is 6.62. The van der Waals surface area contributed by atoms with E-state index in [1.54, 1.807) is 7.11 Å². The Bertz CT molecular complexity index is 938. The van der Waals surface area contributed by atoms with Gasteiger partial charge in [-0.1, -0.05) is 18.2 Å². The molecule has 2 unspecified atom stereocenters. The first-order chi connectivity index (χ1) is 12.3. The molecule has 0 spiro atoms. The van der Waals surface area contributed by atoms with Crippen molar-refractivity contribution in [2.45, 2.75) is 18.9 Å². The molecule has 2 aromatic carbocycles. The molecule has 1 aliphatic rings. The summed E-state index contributed by atoms with van der Waals surface area (Å²) < 4.78 is 5.40. The largest absolute Gasteiger partial charge is 0.496 e. The molecule has 1 aliphatic carbocycles. The number of hydrogen-bond acceptors (Lipinski definition) is 3. The molecule has 0 amide bonds. The van der Waals surface area contributed by atoms with Crippen LogP contribution in [0.1, 0.15) is 29.0 Å². The van der Waals surface area contributed by atoms with E-state index >= 15 is 0 Å². The number of rotatable bonds is 6. The average Bonchev–Trinajstić information content (AvgIpc) is 3.30. The molecule has 1 heterocycles. The van der Waals surface area contributed by atoms with E-state index in [1.165, 1.54) is 22.9 Å². The molecule has 0 radical (unpaired) electrons. The first-order valence-electron chi connectivity index (χ1n) is 8.64. The number of fused-ring (bicyclic) bond motifs is 1. The Kier molecular flexibility index (Phi) is 4.17. The summed E-state index contributed by atoms with van der Waals surface area (Å²) in [4.78, 5) is 3.33. The molecule has 1 aromatic heterocycles. The Morgan fingerprint density at radius 2 is 2.16 bits per heavy atom. The van der Waals surface area contributed by atoms with Crippen LogP contribution in [0, 0.1) is 17.2 Å². The van der Waals surface area contributed by atoms with E-state index in [-0.39, 0.29) is 0 Å². The van der Waals surface area contributed by atoms with Gasteiger partial charge >= 0.3 is 0 Å². The lowest BCUT2D eigenvalue weighted by molar-refractivity contribution is 0.407. The Morgan fingerprint density at radius 1 is 1.28 bits per heavy atom. The van der Waals surface area contributed by atoms with Crippen LogP contribution in [0.25, 0.3) is 10.9 Å². The summed E-state index contributed by atoms with van der Waals surface area (Å²) in [7, 11) is 1.71. The lowest BCUT2D eigenvalue weighted by Gasteiger charge is -2.09. The van der Waals surface area contributed by atoms with E-state index in [4.69, 9.17) is 10.00 Å². The van der Waals surface area contributed by atoms with Crippen LogP contribution >= 0.6 is 0 Å². The minimum atomic E-state index is 0.577. The molecule has 2 atom stereocenters. The van der Waals surface area contributed by atoms with Gasteiger partial charge in [0.2, 0.25) is 0 Å². The van der Waals surface area contributed by atoms with Gasteiger partial charge in [0.05, 0.1) is 18.7 Å². The average molecular weight is 331 g/mol. The number of aromatic nitrogens is 1. The van der Waals surface area contributed by atoms with Crippen LogP contribution in [-0.2, 0) is 6.54 Å². The zero-order chi connectivity index (χ0) is 17.2. The molecule has 1 fully saturated rings. The second-order valence-electron chi connectivity index (χ2n) is 6.66. The van der Waals surface area contributed by atoms with Crippen LogP contribution in [0.5, 0.6) is 5.75 Å². The number of H-pyrrole nitrogens is 1. The van der Waals surface area contributed by atoms with Crippen LogP contribution in [0.15, 0.2) is 48.7 Å². The normalized spacial score (nSPS) is 18.9. The third-order valence-corrected chi connectivity index (χ3v) is 5.08. The van der Waals surface area contributed by atoms with Gasteiger partial charge < -0.3 is 15.0 Å². The van der Waals surface area contributed by atoms with E-state index in [0.29, 0.717) is 11.8 Å². The molecule has 1 saturated carbocycles. The van der Waals surface area contributed by atoms with Crippen molar-refractivity contribution in [3.05, 3.63) is 65.4 Å². The first kappa shape index (κ1) is 15.7. The number of hydrogen-bond donors (Lipinski definition) is 2. The van der Waals surface area contributed by atoms with Crippen LogP contribution < -0.4 is 10.1 Å². The predicted molar refractivity (Wildman–Crippen MR) is 98.6 cm³/mol. The predicted octanol–water partition coefficient (Wildman–Crippen LogP) is 3.94. The Morgan fingerprint density at radius 3 is 3.00 bits per heavy atom. The third kappa shape index (κ3) is 3.11. The maximum atomic E-state index is 9.12. The van der Waals surface area contributed by atoms with Gasteiger partial charge in [-0.05, 0) is 54.6 Å². The van der Waals surface area contributed by atoms with Crippen molar-refractivity contribution in [1.82, 2.24) is 10.3 Å². The molecule has 2 N–H and O–H groups in total. The van der Waals surface area contributed by atoms with Crippen molar-refractivity contribution in [1.29, 1.82) is 5.26 Å². The third-order valence-electron chi connectivity index (χ3n) is 5.08. The molecule has 4 rings (SSSR count). The molecule has 4 nitrogen and oxygen atoms in total. The molecule has 25 heavy (non-hydrogen) atoms. The Labute approximate surface area is 147 Å². The van der Waals surface area contributed by atoms with Gasteiger partial charge in [0.25, 0.3) is 0 Å². The molecule has 3 aromatic rings. The maximum Gasteiger partial charge on any atom is 0.123 e. The summed E-state index contributed by atoms with van der Waals surface area (Å²) in [6, 6.07) is 16.2. The van der Waals surface area contributed by atoms with E-state index in [9.17, 15) is 0 Å². The molecule has 0 aliphatic heterocycles. The number of aromatic amines is 1. The van der Waals surface area contributed by atoms with Crippen molar-refractivity contribution in [3.8, 4) is 11.8 Å². The first-order valence-corrected chi connectivity index (χ1v) is 8.64. The number of para-hydroxylation sites is 1. The van der Waals surface area contributed by atoms with Crippen LogP contribution in [0.2, 0.25) is 0 Å². The quantitative estimate of drug-likeness (QED) is 0.719. The smallest absolute Gasteiger partial charge is 0.123 e. The minimum Gasteiger partial charge on any atom is -0.496 e. The Balaban J connectivity index is 1.39. The fourth-order valence-electron chi connectivity index (χ4n) is 3.61. The van der Waals surface area contributed by atoms with Crippen LogP contribution in [0.4, 0.5) is 0 Å². The van der Waals surface area contributed by atoms with Gasteiger partial charge in [-0.3, -0.25) is 0 Å². The fraction of sp³-hybridized carbons (Fsp3) is 0.286. The second-order valence-corrected chi connectivity index (χ2v) is 6.66. The van der Waals surface area contributed by atoms with Gasteiger partial charge in [0.1, 0.15) is 5.75 Å². The highest BCUT2D eigenvalue weighted by Crippen LogP contribution is 2.49. The summed E-state index contributed by atoms with van der Waals surface area (Å²) in [6.07, 6.45) is 3.30. The monoisotopic (exact) mass is 331 g/mol. The van der Waals surface area contributed by atoms with Crippen molar-refractivity contribution in [2.75, 3.05) is 13.7 Å². The molecular weight excluding hydrogens is 310 g/mol. The van der Waals surface area contributed by atoms with Gasteiger partial charge in [0, 0.05) is 29.2 Å². The molecule has 126 valence electrons. The van der Waals surface area contributed by atoms with Crippen molar-refractivity contribution < 1.29 is 4.74 Å². The van der Waals surface area contributed by atoms with E-state index in [1.807, 2.05) is 36.4 Å². The summed E-state index contributed by atoms with van der Waals surface area (Å²) in [5.74, 6) is 2.16. The van der Waals surface area contributed by atoms with E-state index in [2.05, 4.69) is 28.6 Å². The number of nitriles is 1. The zero-order valence-electron chi connectivity index (χ0n) is 14.3. The molecule has 0 bridgehead atoms. The molecule has 0 saturated heterocycles. The van der Waals surface area contributed by atoms with E-state index in [0.717, 1.165) is 29.9 Å². The minimum absolute atomic E-state index is 0.577. The number of methoxy groups -OCH3 is 1. The van der Waals surface area contributed by atoms with Gasteiger partial charge in [-0.2, -0.15) is 5.26 Å². The highest BCUT2D eigenvalue weighted by Gasteiger charge is 2.39. The zero-order valence-corrected chi connectivity index (χ0v) is 14.3. The SMILES string of the molecule is COc1ccccc1CNCC1CC1c1c[nH]c2ccc(C#N)cc12. The Hall–Kier alpha value is -2.77. The van der Waals surface area contributed by atoms with Gasteiger partial charge in [-0.25, -0.2) is 0 Å².